The maximum Gasteiger partial charge on any atom is 0.271 e. The Hall–Kier alpha value is 0.0400. The Bertz CT molecular complexity index is 523. The van der Waals surface area contributed by atoms with Crippen molar-refractivity contribution < 1.29 is 4.92 Å². The van der Waals surface area contributed by atoms with Crippen LogP contribution in [-0.4, -0.2) is 4.92 Å². The number of fused-ring (bicyclic) bond motifs is 1. The molecule has 1 heterocycles. The van der Waals surface area contributed by atoms with Gasteiger partial charge in [0, 0.05) is 25.8 Å². The summed E-state index contributed by atoms with van der Waals surface area (Å²) >= 11 is 6.01. The molecular formula is C8H3I2NO2S. The fraction of sp³-hybridized carbons (Fsp3) is 0. The fourth-order valence-corrected chi connectivity index (χ4v) is 3.90. The maximum atomic E-state index is 10.6. The standard InChI is InChI=1S/C8H3I2NO2S/c9-6-3-5(11(12)13)1-4-2-7(10)14-8(4)6/h1-3H. The number of rotatable bonds is 1. The van der Waals surface area contributed by atoms with Crippen LogP contribution in [0.15, 0.2) is 18.2 Å². The van der Waals surface area contributed by atoms with Gasteiger partial charge in [0.25, 0.3) is 5.69 Å². The van der Waals surface area contributed by atoms with Gasteiger partial charge in [-0.3, -0.25) is 10.1 Å². The minimum atomic E-state index is -0.355. The third kappa shape index (κ3) is 1.87. The van der Waals surface area contributed by atoms with Gasteiger partial charge in [0.05, 0.1) is 7.81 Å². The van der Waals surface area contributed by atoms with Crippen molar-refractivity contribution in [1.82, 2.24) is 0 Å². The first-order valence-corrected chi connectivity index (χ1v) is 6.58. The Labute approximate surface area is 111 Å². The Morgan fingerprint density at radius 2 is 2.00 bits per heavy atom. The molecule has 0 aliphatic rings. The second kappa shape index (κ2) is 3.89. The zero-order valence-electron chi connectivity index (χ0n) is 6.66. The van der Waals surface area contributed by atoms with E-state index in [1.807, 2.05) is 6.07 Å². The van der Waals surface area contributed by atoms with Crippen LogP contribution in [0.25, 0.3) is 10.1 Å². The highest BCUT2D eigenvalue weighted by Gasteiger charge is 2.11. The number of hydrogen-bond acceptors (Lipinski definition) is 3. The Morgan fingerprint density at radius 3 is 2.64 bits per heavy atom. The molecule has 1 aromatic heterocycles. The van der Waals surface area contributed by atoms with Crippen molar-refractivity contribution in [2.75, 3.05) is 0 Å². The lowest BCUT2D eigenvalue weighted by molar-refractivity contribution is -0.384. The summed E-state index contributed by atoms with van der Waals surface area (Å²) in [6.45, 7) is 0. The van der Waals surface area contributed by atoms with Gasteiger partial charge in [0.1, 0.15) is 0 Å². The fourth-order valence-electron chi connectivity index (χ4n) is 1.17. The molecule has 0 unspecified atom stereocenters. The van der Waals surface area contributed by atoms with Gasteiger partial charge in [-0.15, -0.1) is 11.3 Å². The zero-order chi connectivity index (χ0) is 10.3. The van der Waals surface area contributed by atoms with Crippen LogP contribution in [0, 0.1) is 16.6 Å². The van der Waals surface area contributed by atoms with Crippen LogP contribution in [0.3, 0.4) is 0 Å². The average molecular weight is 431 g/mol. The van der Waals surface area contributed by atoms with E-state index in [0.717, 1.165) is 16.5 Å². The van der Waals surface area contributed by atoms with Gasteiger partial charge >= 0.3 is 0 Å². The molecule has 0 N–H and O–H groups in total. The van der Waals surface area contributed by atoms with E-state index in [4.69, 9.17) is 0 Å². The quantitative estimate of drug-likeness (QED) is 0.389. The van der Waals surface area contributed by atoms with Crippen LogP contribution in [0.5, 0.6) is 0 Å². The molecule has 0 fully saturated rings. The number of nitro benzene ring substituents is 1. The maximum absolute atomic E-state index is 10.6. The predicted octanol–water partition coefficient (Wildman–Crippen LogP) is 4.02. The van der Waals surface area contributed by atoms with Crippen molar-refractivity contribution in [1.29, 1.82) is 0 Å². The molecule has 0 spiro atoms. The van der Waals surface area contributed by atoms with E-state index in [2.05, 4.69) is 45.2 Å². The van der Waals surface area contributed by atoms with Crippen molar-refractivity contribution >= 4 is 72.3 Å². The second-order valence-corrected chi connectivity index (χ2v) is 6.76. The summed E-state index contributed by atoms with van der Waals surface area (Å²) < 4.78 is 3.22. The molecule has 0 saturated carbocycles. The Kier molecular flexibility index (Phi) is 2.93. The molecule has 0 atom stereocenters. The summed E-state index contributed by atoms with van der Waals surface area (Å²) in [5, 5.41) is 11.6. The molecular weight excluding hydrogens is 428 g/mol. The van der Waals surface area contributed by atoms with Crippen molar-refractivity contribution in [3.05, 3.63) is 34.8 Å². The lowest BCUT2D eigenvalue weighted by atomic mass is 10.2. The summed E-state index contributed by atoms with van der Waals surface area (Å²) in [5.74, 6) is 0. The van der Waals surface area contributed by atoms with E-state index in [1.165, 1.54) is 0 Å². The monoisotopic (exact) mass is 431 g/mol. The van der Waals surface area contributed by atoms with E-state index in [-0.39, 0.29) is 10.6 Å². The van der Waals surface area contributed by atoms with Gasteiger partial charge in [-0.05, 0) is 51.2 Å². The molecule has 1 aromatic carbocycles. The zero-order valence-corrected chi connectivity index (χ0v) is 11.8. The van der Waals surface area contributed by atoms with Crippen molar-refractivity contribution in [2.24, 2.45) is 0 Å². The molecule has 6 heteroatoms. The smallest absolute Gasteiger partial charge is 0.258 e. The van der Waals surface area contributed by atoms with Gasteiger partial charge in [-0.2, -0.15) is 0 Å². The first-order chi connectivity index (χ1) is 6.58. The van der Waals surface area contributed by atoms with Gasteiger partial charge in [0.15, 0.2) is 0 Å². The average Bonchev–Trinajstić information content (AvgIpc) is 2.45. The lowest BCUT2D eigenvalue weighted by Crippen LogP contribution is -1.87. The van der Waals surface area contributed by atoms with Crippen molar-refractivity contribution in [3.8, 4) is 0 Å². The summed E-state index contributed by atoms with van der Waals surface area (Å²) in [6.07, 6.45) is 0. The largest absolute Gasteiger partial charge is 0.271 e. The number of hydrogen-bond donors (Lipinski definition) is 0. The number of benzene rings is 1. The van der Waals surface area contributed by atoms with Crippen molar-refractivity contribution in [2.45, 2.75) is 0 Å². The lowest BCUT2D eigenvalue weighted by Gasteiger charge is -1.94. The summed E-state index contributed by atoms with van der Waals surface area (Å²) in [5.41, 5.74) is 0.163. The highest BCUT2D eigenvalue weighted by molar-refractivity contribution is 14.1. The molecule has 3 nitrogen and oxygen atoms in total. The van der Waals surface area contributed by atoms with Crippen LogP contribution in [-0.2, 0) is 0 Å². The topological polar surface area (TPSA) is 43.1 Å². The van der Waals surface area contributed by atoms with E-state index >= 15 is 0 Å². The van der Waals surface area contributed by atoms with Crippen LogP contribution in [0.2, 0.25) is 0 Å². The minimum Gasteiger partial charge on any atom is -0.258 e. The van der Waals surface area contributed by atoms with Gasteiger partial charge in [-0.1, -0.05) is 0 Å². The van der Waals surface area contributed by atoms with E-state index in [1.54, 1.807) is 23.5 Å². The predicted molar refractivity (Wildman–Crippen MR) is 73.9 cm³/mol. The van der Waals surface area contributed by atoms with E-state index in [0.29, 0.717) is 0 Å². The third-order valence-corrected chi connectivity index (χ3v) is 4.90. The van der Waals surface area contributed by atoms with Gasteiger partial charge < -0.3 is 0 Å². The first kappa shape index (κ1) is 10.6. The highest BCUT2D eigenvalue weighted by Crippen LogP contribution is 2.33. The van der Waals surface area contributed by atoms with E-state index in [9.17, 15) is 10.1 Å². The number of halogens is 2. The molecule has 0 aliphatic heterocycles. The van der Waals surface area contributed by atoms with E-state index < -0.39 is 0 Å². The molecule has 0 saturated heterocycles. The normalized spacial score (nSPS) is 10.7. The number of non-ortho nitro benzene ring substituents is 1. The second-order valence-electron chi connectivity index (χ2n) is 2.65. The summed E-state index contributed by atoms with van der Waals surface area (Å²) in [4.78, 5) is 10.3. The molecule has 2 aromatic rings. The van der Waals surface area contributed by atoms with Crippen LogP contribution >= 0.6 is 56.5 Å². The van der Waals surface area contributed by atoms with Crippen LogP contribution in [0.4, 0.5) is 5.69 Å². The van der Waals surface area contributed by atoms with Crippen molar-refractivity contribution in [3.63, 3.8) is 0 Å². The SMILES string of the molecule is O=[N+]([O-])c1cc(I)c2sc(I)cc2c1. The number of nitrogens with zero attached hydrogens (tertiary/aromatic N) is 1. The number of thiophene rings is 1. The third-order valence-electron chi connectivity index (χ3n) is 1.74. The van der Waals surface area contributed by atoms with Crippen LogP contribution in [0.1, 0.15) is 0 Å². The highest BCUT2D eigenvalue weighted by atomic mass is 127. The molecule has 0 bridgehead atoms. The van der Waals surface area contributed by atoms with Crippen LogP contribution < -0.4 is 0 Å². The molecule has 0 aliphatic carbocycles. The Balaban J connectivity index is 2.77. The Morgan fingerprint density at radius 1 is 1.29 bits per heavy atom. The van der Waals surface area contributed by atoms with Gasteiger partial charge in [0.2, 0.25) is 0 Å². The number of nitro groups is 1. The molecule has 2 rings (SSSR count). The first-order valence-electron chi connectivity index (χ1n) is 3.61. The minimum absolute atomic E-state index is 0.163. The molecule has 72 valence electrons. The van der Waals surface area contributed by atoms with Gasteiger partial charge in [-0.25, -0.2) is 0 Å². The summed E-state index contributed by atoms with van der Waals surface area (Å²) in [7, 11) is 0. The molecule has 14 heavy (non-hydrogen) atoms. The molecule has 0 amide bonds. The summed E-state index contributed by atoms with van der Waals surface area (Å²) in [6, 6.07) is 5.20. The molecule has 0 radical (unpaired) electrons.